The Kier molecular flexibility index (Phi) is 3.94. The molecule has 1 aromatic heterocycles. The smallest absolute Gasteiger partial charge is 0.268 e. The zero-order valence-electron chi connectivity index (χ0n) is 14.8. The van der Waals surface area contributed by atoms with E-state index in [4.69, 9.17) is 9.47 Å². The fourth-order valence-corrected chi connectivity index (χ4v) is 3.93. The number of carbonyl (C=O) groups excluding carboxylic acids is 1. The Hall–Kier alpha value is -2.43. The second-order valence-electron chi connectivity index (χ2n) is 7.02. The zero-order chi connectivity index (χ0) is 17.4. The molecule has 1 saturated carbocycles. The second-order valence-corrected chi connectivity index (χ2v) is 7.02. The van der Waals surface area contributed by atoms with Crippen molar-refractivity contribution in [2.75, 3.05) is 13.2 Å². The lowest BCUT2D eigenvalue weighted by Gasteiger charge is -2.32. The van der Waals surface area contributed by atoms with Crippen LogP contribution in [0.1, 0.15) is 47.4 Å². The fraction of sp³-hybridized carbons (Fsp3) is 0.450. The minimum Gasteiger partial charge on any atom is -0.486 e. The zero-order valence-corrected chi connectivity index (χ0v) is 14.8. The average molecular weight is 340 g/mol. The molecule has 0 unspecified atom stereocenters. The molecule has 2 aromatic rings. The molecule has 132 valence electrons. The van der Waals surface area contributed by atoms with Gasteiger partial charge in [-0.1, -0.05) is 18.9 Å². The standard InChI is InChI=1S/C20H24N2O3/c1-14-5-7-16(22(14)2)19(23)21-20(9-3-4-10-20)15-6-8-17-18(13-15)25-12-11-24-17/h5-8,13H,3-4,9-12H2,1-2H3,(H,21,23). The van der Waals surface area contributed by atoms with E-state index in [1.165, 1.54) is 0 Å². The van der Waals surface area contributed by atoms with Crippen LogP contribution in [0.25, 0.3) is 0 Å². The van der Waals surface area contributed by atoms with Gasteiger partial charge in [-0.2, -0.15) is 0 Å². The summed E-state index contributed by atoms with van der Waals surface area (Å²) in [5.41, 5.74) is 2.55. The van der Waals surface area contributed by atoms with Crippen LogP contribution in [0.4, 0.5) is 0 Å². The van der Waals surface area contributed by atoms with Crippen LogP contribution in [-0.2, 0) is 12.6 Å². The molecule has 0 radical (unpaired) electrons. The minimum atomic E-state index is -0.328. The van der Waals surface area contributed by atoms with E-state index in [9.17, 15) is 4.79 Å². The molecule has 0 bridgehead atoms. The molecule has 0 saturated heterocycles. The summed E-state index contributed by atoms with van der Waals surface area (Å²) in [6.45, 7) is 3.16. The van der Waals surface area contributed by atoms with E-state index in [2.05, 4.69) is 11.4 Å². The predicted molar refractivity (Wildman–Crippen MR) is 95.2 cm³/mol. The van der Waals surface area contributed by atoms with Gasteiger partial charge in [-0.15, -0.1) is 0 Å². The summed E-state index contributed by atoms with van der Waals surface area (Å²) in [5, 5.41) is 3.33. The van der Waals surface area contributed by atoms with Crippen molar-refractivity contribution < 1.29 is 14.3 Å². The molecule has 0 spiro atoms. The summed E-state index contributed by atoms with van der Waals surface area (Å²) in [7, 11) is 1.93. The number of aromatic nitrogens is 1. The maximum absolute atomic E-state index is 12.9. The molecule has 4 rings (SSSR count). The van der Waals surface area contributed by atoms with Gasteiger partial charge < -0.3 is 19.4 Å². The van der Waals surface area contributed by atoms with Gasteiger partial charge in [-0.25, -0.2) is 0 Å². The van der Waals surface area contributed by atoms with Crippen molar-refractivity contribution in [1.29, 1.82) is 0 Å². The Balaban J connectivity index is 1.66. The van der Waals surface area contributed by atoms with Crippen LogP contribution < -0.4 is 14.8 Å². The lowest BCUT2D eigenvalue weighted by atomic mass is 9.87. The molecular formula is C20H24N2O3. The highest BCUT2D eigenvalue weighted by atomic mass is 16.6. The van der Waals surface area contributed by atoms with Crippen LogP contribution in [0.5, 0.6) is 11.5 Å². The number of fused-ring (bicyclic) bond motifs is 1. The van der Waals surface area contributed by atoms with E-state index in [-0.39, 0.29) is 11.4 Å². The van der Waals surface area contributed by atoms with Crippen LogP contribution in [0, 0.1) is 6.92 Å². The molecule has 5 nitrogen and oxygen atoms in total. The van der Waals surface area contributed by atoms with Crippen LogP contribution in [0.3, 0.4) is 0 Å². The molecule has 1 aliphatic heterocycles. The van der Waals surface area contributed by atoms with Gasteiger partial charge in [0.1, 0.15) is 18.9 Å². The van der Waals surface area contributed by atoms with Crippen molar-refractivity contribution in [1.82, 2.24) is 9.88 Å². The van der Waals surface area contributed by atoms with Crippen molar-refractivity contribution in [3.63, 3.8) is 0 Å². The lowest BCUT2D eigenvalue weighted by Crippen LogP contribution is -2.44. The number of nitrogens with one attached hydrogen (secondary N) is 1. The molecule has 2 heterocycles. The molecule has 1 fully saturated rings. The van der Waals surface area contributed by atoms with E-state index in [0.29, 0.717) is 18.9 Å². The van der Waals surface area contributed by atoms with Gasteiger partial charge in [-0.3, -0.25) is 4.79 Å². The molecule has 2 aliphatic rings. The third-order valence-corrected chi connectivity index (χ3v) is 5.51. The third kappa shape index (κ3) is 2.77. The Morgan fingerprint density at radius 1 is 1.08 bits per heavy atom. The number of benzene rings is 1. The van der Waals surface area contributed by atoms with Gasteiger partial charge in [0.15, 0.2) is 11.5 Å². The molecule has 1 aromatic carbocycles. The van der Waals surface area contributed by atoms with Crippen LogP contribution in [-0.4, -0.2) is 23.7 Å². The highest BCUT2D eigenvalue weighted by molar-refractivity contribution is 5.93. The first kappa shape index (κ1) is 16.1. The number of nitrogens with zero attached hydrogens (tertiary/aromatic N) is 1. The van der Waals surface area contributed by atoms with Crippen molar-refractivity contribution in [3.8, 4) is 11.5 Å². The number of rotatable bonds is 3. The minimum absolute atomic E-state index is 0.0209. The summed E-state index contributed by atoms with van der Waals surface area (Å²) in [4.78, 5) is 12.9. The second kappa shape index (κ2) is 6.14. The Labute approximate surface area is 147 Å². The molecule has 1 aliphatic carbocycles. The quantitative estimate of drug-likeness (QED) is 0.933. The molecule has 1 amide bonds. The summed E-state index contributed by atoms with van der Waals surface area (Å²) < 4.78 is 13.3. The fourth-order valence-electron chi connectivity index (χ4n) is 3.93. The first-order chi connectivity index (χ1) is 12.1. The number of hydrogen-bond donors (Lipinski definition) is 1. The van der Waals surface area contributed by atoms with Gasteiger partial charge in [0.25, 0.3) is 5.91 Å². The summed E-state index contributed by atoms with van der Waals surface area (Å²) in [6, 6.07) is 9.92. The third-order valence-electron chi connectivity index (χ3n) is 5.51. The normalized spacial score (nSPS) is 18.2. The van der Waals surface area contributed by atoms with Gasteiger partial charge in [-0.05, 0) is 49.6 Å². The number of ether oxygens (including phenoxy) is 2. The number of amides is 1. The molecule has 25 heavy (non-hydrogen) atoms. The first-order valence-corrected chi connectivity index (χ1v) is 8.94. The first-order valence-electron chi connectivity index (χ1n) is 8.94. The van der Waals surface area contributed by atoms with Crippen molar-refractivity contribution in [2.24, 2.45) is 7.05 Å². The maximum atomic E-state index is 12.9. The predicted octanol–water partition coefficient (Wildman–Crippen LogP) is 3.30. The number of hydrogen-bond acceptors (Lipinski definition) is 3. The highest BCUT2D eigenvalue weighted by Gasteiger charge is 2.38. The largest absolute Gasteiger partial charge is 0.486 e. The Morgan fingerprint density at radius 3 is 2.48 bits per heavy atom. The van der Waals surface area contributed by atoms with Crippen molar-refractivity contribution >= 4 is 5.91 Å². The number of carbonyl (C=O) groups is 1. The van der Waals surface area contributed by atoms with E-state index in [1.54, 1.807) is 0 Å². The Bertz CT molecular complexity index is 803. The van der Waals surface area contributed by atoms with Crippen LogP contribution >= 0.6 is 0 Å². The average Bonchev–Trinajstić information content (AvgIpc) is 3.23. The maximum Gasteiger partial charge on any atom is 0.268 e. The SMILES string of the molecule is Cc1ccc(C(=O)NC2(c3ccc4c(c3)OCCO4)CCCC2)n1C. The Morgan fingerprint density at radius 2 is 1.80 bits per heavy atom. The van der Waals surface area contributed by atoms with E-state index in [0.717, 1.165) is 48.4 Å². The van der Waals surface area contributed by atoms with Gasteiger partial charge in [0.05, 0.1) is 5.54 Å². The van der Waals surface area contributed by atoms with Crippen LogP contribution in [0.2, 0.25) is 0 Å². The van der Waals surface area contributed by atoms with E-state index < -0.39 is 0 Å². The molecular weight excluding hydrogens is 316 g/mol. The summed E-state index contributed by atoms with van der Waals surface area (Å²) in [6.07, 6.45) is 4.12. The van der Waals surface area contributed by atoms with Gasteiger partial charge in [0, 0.05) is 12.7 Å². The summed E-state index contributed by atoms with van der Waals surface area (Å²) in [5.74, 6) is 1.54. The van der Waals surface area contributed by atoms with E-state index in [1.807, 2.05) is 42.8 Å². The molecule has 1 N–H and O–H groups in total. The van der Waals surface area contributed by atoms with E-state index >= 15 is 0 Å². The monoisotopic (exact) mass is 340 g/mol. The highest BCUT2D eigenvalue weighted by Crippen LogP contribution is 2.42. The van der Waals surface area contributed by atoms with Crippen molar-refractivity contribution in [2.45, 2.75) is 38.1 Å². The van der Waals surface area contributed by atoms with Gasteiger partial charge >= 0.3 is 0 Å². The molecule has 5 heteroatoms. The van der Waals surface area contributed by atoms with Gasteiger partial charge in [0.2, 0.25) is 0 Å². The van der Waals surface area contributed by atoms with Crippen molar-refractivity contribution in [3.05, 3.63) is 47.3 Å². The molecule has 0 atom stereocenters. The van der Waals surface area contributed by atoms with Crippen LogP contribution in [0.15, 0.2) is 30.3 Å². The number of aryl methyl sites for hydroxylation is 1. The topological polar surface area (TPSA) is 52.5 Å². The summed E-state index contributed by atoms with van der Waals surface area (Å²) >= 11 is 0. The lowest BCUT2D eigenvalue weighted by molar-refractivity contribution is 0.0889.